The van der Waals surface area contributed by atoms with E-state index in [1.807, 2.05) is 12.3 Å². The van der Waals surface area contributed by atoms with Crippen LogP contribution < -0.4 is 10.1 Å². The molecule has 1 aromatic heterocycles. The average molecular weight is 313 g/mol. The summed E-state index contributed by atoms with van der Waals surface area (Å²) in [4.78, 5) is 0. The SMILES string of the molecule is Clc1cc(Cl)c2c(c1)C(NCCn1ccnn1)CCO2. The minimum Gasteiger partial charge on any atom is -0.492 e. The fourth-order valence-electron chi connectivity index (χ4n) is 2.34. The van der Waals surface area contributed by atoms with Gasteiger partial charge in [-0.15, -0.1) is 5.10 Å². The average Bonchev–Trinajstić information content (AvgIpc) is 2.92. The predicted molar refractivity (Wildman–Crippen MR) is 77.3 cm³/mol. The van der Waals surface area contributed by atoms with Crippen LogP contribution in [0.1, 0.15) is 18.0 Å². The molecule has 1 aromatic carbocycles. The zero-order valence-corrected chi connectivity index (χ0v) is 12.2. The van der Waals surface area contributed by atoms with Gasteiger partial charge in [0, 0.05) is 35.8 Å². The number of benzene rings is 1. The van der Waals surface area contributed by atoms with Crippen LogP contribution in [0.25, 0.3) is 0 Å². The van der Waals surface area contributed by atoms with Crippen LogP contribution >= 0.6 is 23.2 Å². The number of fused-ring (bicyclic) bond motifs is 1. The van der Waals surface area contributed by atoms with Crippen LogP contribution in [0.3, 0.4) is 0 Å². The maximum atomic E-state index is 6.17. The summed E-state index contributed by atoms with van der Waals surface area (Å²) < 4.78 is 7.42. The van der Waals surface area contributed by atoms with Crippen LogP contribution in [0.4, 0.5) is 0 Å². The topological polar surface area (TPSA) is 52.0 Å². The third-order valence-corrected chi connectivity index (χ3v) is 3.77. The van der Waals surface area contributed by atoms with Gasteiger partial charge >= 0.3 is 0 Å². The van der Waals surface area contributed by atoms with E-state index in [0.717, 1.165) is 30.8 Å². The van der Waals surface area contributed by atoms with Gasteiger partial charge in [-0.2, -0.15) is 0 Å². The highest BCUT2D eigenvalue weighted by Gasteiger charge is 2.23. The van der Waals surface area contributed by atoms with Gasteiger partial charge in [0.1, 0.15) is 5.75 Å². The normalized spacial score (nSPS) is 17.6. The molecule has 20 heavy (non-hydrogen) atoms. The Morgan fingerprint density at radius 3 is 3.10 bits per heavy atom. The maximum Gasteiger partial charge on any atom is 0.142 e. The zero-order chi connectivity index (χ0) is 13.9. The van der Waals surface area contributed by atoms with Crippen LogP contribution in [0, 0.1) is 0 Å². The zero-order valence-electron chi connectivity index (χ0n) is 10.7. The quantitative estimate of drug-likeness (QED) is 0.943. The van der Waals surface area contributed by atoms with Gasteiger partial charge in [-0.05, 0) is 12.1 Å². The number of halogens is 2. The molecule has 0 spiro atoms. The Bertz CT molecular complexity index is 588. The molecule has 0 saturated heterocycles. The largest absolute Gasteiger partial charge is 0.492 e. The van der Waals surface area contributed by atoms with Crippen molar-refractivity contribution in [1.82, 2.24) is 20.3 Å². The molecule has 5 nitrogen and oxygen atoms in total. The van der Waals surface area contributed by atoms with Crippen LogP contribution in [-0.2, 0) is 6.54 Å². The number of aromatic nitrogens is 3. The molecule has 1 atom stereocenters. The minimum atomic E-state index is 0.193. The number of ether oxygens (including phenoxy) is 1. The van der Waals surface area contributed by atoms with Gasteiger partial charge in [0.15, 0.2) is 0 Å². The molecule has 1 aliphatic heterocycles. The van der Waals surface area contributed by atoms with Crippen molar-refractivity contribution in [2.45, 2.75) is 19.0 Å². The Labute approximate surface area is 126 Å². The Hall–Kier alpha value is -1.30. The van der Waals surface area contributed by atoms with Gasteiger partial charge in [-0.3, -0.25) is 4.68 Å². The summed E-state index contributed by atoms with van der Waals surface area (Å²) in [5, 5.41) is 12.4. The van der Waals surface area contributed by atoms with E-state index < -0.39 is 0 Å². The fraction of sp³-hybridized carbons (Fsp3) is 0.385. The van der Waals surface area contributed by atoms with Crippen molar-refractivity contribution in [2.75, 3.05) is 13.2 Å². The van der Waals surface area contributed by atoms with E-state index in [1.165, 1.54) is 0 Å². The molecule has 7 heteroatoms. The summed E-state index contributed by atoms with van der Waals surface area (Å²) in [5.74, 6) is 0.737. The van der Waals surface area contributed by atoms with E-state index in [2.05, 4.69) is 15.6 Å². The first-order valence-electron chi connectivity index (χ1n) is 6.43. The van der Waals surface area contributed by atoms with Crippen molar-refractivity contribution in [3.05, 3.63) is 40.1 Å². The molecule has 3 rings (SSSR count). The molecule has 0 radical (unpaired) electrons. The third-order valence-electron chi connectivity index (χ3n) is 3.27. The maximum absolute atomic E-state index is 6.17. The summed E-state index contributed by atoms with van der Waals surface area (Å²) in [6.07, 6.45) is 4.40. The minimum absolute atomic E-state index is 0.193. The molecule has 1 N–H and O–H groups in total. The second-order valence-electron chi connectivity index (χ2n) is 4.62. The number of nitrogens with one attached hydrogen (secondary N) is 1. The molecule has 2 heterocycles. The van der Waals surface area contributed by atoms with Crippen molar-refractivity contribution < 1.29 is 4.74 Å². The van der Waals surface area contributed by atoms with Gasteiger partial charge in [-0.25, -0.2) is 0 Å². The molecule has 106 valence electrons. The molecule has 0 amide bonds. The number of nitrogens with zero attached hydrogens (tertiary/aromatic N) is 3. The first kappa shape index (κ1) is 13.7. The van der Waals surface area contributed by atoms with Gasteiger partial charge in [0.2, 0.25) is 0 Å². The van der Waals surface area contributed by atoms with E-state index in [4.69, 9.17) is 27.9 Å². The van der Waals surface area contributed by atoms with E-state index in [0.29, 0.717) is 16.7 Å². The van der Waals surface area contributed by atoms with Crippen LogP contribution in [0.5, 0.6) is 5.75 Å². The molecule has 0 bridgehead atoms. The van der Waals surface area contributed by atoms with Crippen molar-refractivity contribution >= 4 is 23.2 Å². The summed E-state index contributed by atoms with van der Waals surface area (Å²) >= 11 is 12.2. The summed E-state index contributed by atoms with van der Waals surface area (Å²) in [5.41, 5.74) is 1.02. The molecule has 1 unspecified atom stereocenters. The van der Waals surface area contributed by atoms with Crippen molar-refractivity contribution in [1.29, 1.82) is 0 Å². The van der Waals surface area contributed by atoms with Gasteiger partial charge in [0.25, 0.3) is 0 Å². The van der Waals surface area contributed by atoms with Crippen molar-refractivity contribution in [2.24, 2.45) is 0 Å². The predicted octanol–water partition coefficient (Wildman–Crippen LogP) is 2.70. The molecule has 0 saturated carbocycles. The molecular weight excluding hydrogens is 299 g/mol. The Balaban J connectivity index is 1.70. The molecular formula is C13H14Cl2N4O. The lowest BCUT2D eigenvalue weighted by molar-refractivity contribution is 0.251. The lowest BCUT2D eigenvalue weighted by atomic mass is 10.0. The molecule has 2 aromatic rings. The first-order chi connectivity index (χ1) is 9.74. The van der Waals surface area contributed by atoms with E-state index in [1.54, 1.807) is 16.9 Å². The molecule has 1 aliphatic rings. The summed E-state index contributed by atoms with van der Waals surface area (Å²) in [6, 6.07) is 3.81. The monoisotopic (exact) mass is 312 g/mol. The van der Waals surface area contributed by atoms with Gasteiger partial charge < -0.3 is 10.1 Å². The van der Waals surface area contributed by atoms with E-state index >= 15 is 0 Å². The fourth-order valence-corrected chi connectivity index (χ4v) is 2.91. The second kappa shape index (κ2) is 5.99. The lowest BCUT2D eigenvalue weighted by Crippen LogP contribution is -2.30. The number of hydrogen-bond donors (Lipinski definition) is 1. The smallest absolute Gasteiger partial charge is 0.142 e. The third kappa shape index (κ3) is 2.90. The van der Waals surface area contributed by atoms with Crippen molar-refractivity contribution in [3.63, 3.8) is 0 Å². The van der Waals surface area contributed by atoms with Crippen LogP contribution in [-0.4, -0.2) is 28.1 Å². The summed E-state index contributed by atoms with van der Waals surface area (Å²) in [7, 11) is 0. The molecule has 0 fully saturated rings. The Kier molecular flexibility index (Phi) is 4.10. The van der Waals surface area contributed by atoms with Gasteiger partial charge in [-0.1, -0.05) is 28.4 Å². The van der Waals surface area contributed by atoms with E-state index in [9.17, 15) is 0 Å². The first-order valence-corrected chi connectivity index (χ1v) is 7.19. The highest BCUT2D eigenvalue weighted by atomic mass is 35.5. The van der Waals surface area contributed by atoms with Crippen LogP contribution in [0.2, 0.25) is 10.0 Å². The molecule has 0 aliphatic carbocycles. The summed E-state index contributed by atoms with van der Waals surface area (Å²) in [6.45, 7) is 2.20. The highest BCUT2D eigenvalue weighted by molar-refractivity contribution is 6.35. The van der Waals surface area contributed by atoms with E-state index in [-0.39, 0.29) is 6.04 Å². The number of hydrogen-bond acceptors (Lipinski definition) is 4. The van der Waals surface area contributed by atoms with Gasteiger partial charge in [0.05, 0.1) is 24.4 Å². The van der Waals surface area contributed by atoms with Crippen molar-refractivity contribution in [3.8, 4) is 5.75 Å². The Morgan fingerprint density at radius 1 is 1.40 bits per heavy atom. The number of rotatable bonds is 4. The standard InChI is InChI=1S/C13H14Cl2N4O/c14-9-7-10-12(1-6-20-13(10)11(15)8-9)16-2-4-19-5-3-17-18-19/h3,5,7-8,12,16H,1-2,4,6H2. The Morgan fingerprint density at radius 2 is 2.30 bits per heavy atom. The highest BCUT2D eigenvalue weighted by Crippen LogP contribution is 2.39. The second-order valence-corrected chi connectivity index (χ2v) is 5.46. The lowest BCUT2D eigenvalue weighted by Gasteiger charge is -2.27. The van der Waals surface area contributed by atoms with Crippen LogP contribution in [0.15, 0.2) is 24.5 Å².